The minimum Gasteiger partial charge on any atom is -0.378 e. The molecule has 0 spiro atoms. The molecular weight excluding hydrogens is 196 g/mol. The maximum absolute atomic E-state index is 9.04. The Balaban J connectivity index is 2.97. The summed E-state index contributed by atoms with van der Waals surface area (Å²) in [7, 11) is 0. The summed E-state index contributed by atoms with van der Waals surface area (Å²) in [6.07, 6.45) is -0.835. The highest BCUT2D eigenvalue weighted by molar-refractivity contribution is 6.17. The molecule has 0 aliphatic heterocycles. The monoisotopic (exact) mass is 212 g/mol. The van der Waals surface area contributed by atoms with Crippen molar-refractivity contribution >= 4 is 11.6 Å². The molecule has 80 valence electrons. The summed E-state index contributed by atoms with van der Waals surface area (Å²) < 4.78 is 14.9. The average molecular weight is 213 g/mol. The van der Waals surface area contributed by atoms with Crippen LogP contribution in [-0.2, 0) is 14.2 Å². The van der Waals surface area contributed by atoms with Crippen LogP contribution in [0.1, 0.15) is 6.92 Å². The Morgan fingerprint density at radius 1 is 1.23 bits per heavy atom. The molecule has 0 aliphatic rings. The van der Waals surface area contributed by atoms with Gasteiger partial charge in [0.05, 0.1) is 26.4 Å². The molecule has 0 aliphatic carbocycles. The third-order valence-electron chi connectivity index (χ3n) is 1.21. The van der Waals surface area contributed by atoms with Gasteiger partial charge >= 0.3 is 0 Å². The number of alkyl halides is 1. The van der Waals surface area contributed by atoms with Crippen LogP contribution in [0.4, 0.5) is 0 Å². The highest BCUT2D eigenvalue weighted by Gasteiger charge is 2.01. The highest BCUT2D eigenvalue weighted by Crippen LogP contribution is 1.88. The van der Waals surface area contributed by atoms with Gasteiger partial charge in [0.25, 0.3) is 0 Å². The van der Waals surface area contributed by atoms with Crippen LogP contribution in [0.15, 0.2) is 0 Å². The van der Waals surface area contributed by atoms with Gasteiger partial charge in [-0.25, -0.2) is 0 Å². The Hall–Kier alpha value is 0.130. The highest BCUT2D eigenvalue weighted by atomic mass is 35.5. The lowest BCUT2D eigenvalue weighted by Gasteiger charge is -2.10. The zero-order valence-electron chi connectivity index (χ0n) is 7.87. The maximum Gasteiger partial charge on any atom is 0.178 e. The molecule has 0 bridgehead atoms. The molecule has 1 atom stereocenters. The van der Waals surface area contributed by atoms with E-state index in [1.807, 2.05) is 6.92 Å². The van der Waals surface area contributed by atoms with Gasteiger partial charge in [0.2, 0.25) is 0 Å². The average Bonchev–Trinajstić information content (AvgIpc) is 2.11. The topological polar surface area (TPSA) is 47.9 Å². The second kappa shape index (κ2) is 10.2. The molecule has 0 amide bonds. The SMILES string of the molecule is CCOC(O)COCCOCCCl. The van der Waals surface area contributed by atoms with Crippen LogP contribution in [0.25, 0.3) is 0 Å². The lowest BCUT2D eigenvalue weighted by atomic mass is 10.6. The van der Waals surface area contributed by atoms with Crippen LogP contribution < -0.4 is 0 Å². The van der Waals surface area contributed by atoms with E-state index in [1.165, 1.54) is 0 Å². The third-order valence-corrected chi connectivity index (χ3v) is 1.37. The molecule has 1 unspecified atom stereocenters. The normalized spacial score (nSPS) is 13.2. The van der Waals surface area contributed by atoms with Crippen LogP contribution in [0.5, 0.6) is 0 Å². The zero-order valence-corrected chi connectivity index (χ0v) is 8.63. The first-order chi connectivity index (χ1) is 6.31. The number of halogens is 1. The molecule has 0 radical (unpaired) electrons. The van der Waals surface area contributed by atoms with Gasteiger partial charge in [-0.1, -0.05) is 0 Å². The summed E-state index contributed by atoms with van der Waals surface area (Å²) in [4.78, 5) is 0. The Morgan fingerprint density at radius 3 is 2.54 bits per heavy atom. The van der Waals surface area contributed by atoms with Gasteiger partial charge in [-0.15, -0.1) is 11.6 Å². The summed E-state index contributed by atoms with van der Waals surface area (Å²) in [5, 5.41) is 9.04. The molecule has 4 nitrogen and oxygen atoms in total. The first-order valence-corrected chi connectivity index (χ1v) is 4.85. The van der Waals surface area contributed by atoms with Gasteiger partial charge < -0.3 is 19.3 Å². The van der Waals surface area contributed by atoms with Gasteiger partial charge in [-0.3, -0.25) is 0 Å². The number of hydrogen-bond donors (Lipinski definition) is 1. The summed E-state index contributed by atoms with van der Waals surface area (Å²) in [5.74, 6) is 0.488. The van der Waals surface area contributed by atoms with Gasteiger partial charge in [0, 0.05) is 12.5 Å². The van der Waals surface area contributed by atoms with Crippen molar-refractivity contribution in [2.24, 2.45) is 0 Å². The summed E-state index contributed by atoms with van der Waals surface area (Å²) in [5.41, 5.74) is 0. The fourth-order valence-electron chi connectivity index (χ4n) is 0.699. The number of ether oxygens (including phenoxy) is 3. The molecule has 0 aromatic rings. The third kappa shape index (κ3) is 10.0. The van der Waals surface area contributed by atoms with E-state index in [1.54, 1.807) is 0 Å². The van der Waals surface area contributed by atoms with Crippen LogP contribution in [-0.4, -0.2) is 50.3 Å². The van der Waals surface area contributed by atoms with Crippen LogP contribution in [0.2, 0.25) is 0 Å². The Labute approximate surface area is 83.7 Å². The first kappa shape index (κ1) is 13.1. The molecule has 0 saturated carbocycles. The van der Waals surface area contributed by atoms with Gasteiger partial charge in [-0.05, 0) is 6.92 Å². The molecule has 0 saturated heterocycles. The van der Waals surface area contributed by atoms with E-state index in [4.69, 9.17) is 30.9 Å². The lowest BCUT2D eigenvalue weighted by Crippen LogP contribution is -2.20. The second-order valence-corrected chi connectivity index (χ2v) is 2.66. The second-order valence-electron chi connectivity index (χ2n) is 2.29. The smallest absolute Gasteiger partial charge is 0.178 e. The van der Waals surface area contributed by atoms with Crippen molar-refractivity contribution in [2.45, 2.75) is 13.2 Å². The van der Waals surface area contributed by atoms with E-state index in [9.17, 15) is 0 Å². The molecular formula is C8H17ClO4. The molecule has 0 rings (SSSR count). The fourth-order valence-corrected chi connectivity index (χ4v) is 0.808. The van der Waals surface area contributed by atoms with Crippen molar-refractivity contribution < 1.29 is 19.3 Å². The standard InChI is InChI=1S/C8H17ClO4/c1-2-13-8(10)7-12-6-5-11-4-3-9/h8,10H,2-7H2,1H3. The van der Waals surface area contributed by atoms with Crippen molar-refractivity contribution in [3.05, 3.63) is 0 Å². The van der Waals surface area contributed by atoms with Crippen molar-refractivity contribution in [1.82, 2.24) is 0 Å². The van der Waals surface area contributed by atoms with E-state index < -0.39 is 6.29 Å². The predicted molar refractivity (Wildman–Crippen MR) is 50.0 cm³/mol. The minimum absolute atomic E-state index is 0.179. The Bertz CT molecular complexity index is 102. The van der Waals surface area contributed by atoms with Crippen LogP contribution in [0.3, 0.4) is 0 Å². The number of hydrogen-bond acceptors (Lipinski definition) is 4. The Kier molecular flexibility index (Phi) is 10.3. The van der Waals surface area contributed by atoms with Crippen molar-refractivity contribution in [3.8, 4) is 0 Å². The first-order valence-electron chi connectivity index (χ1n) is 4.32. The maximum atomic E-state index is 9.04. The van der Waals surface area contributed by atoms with Crippen molar-refractivity contribution in [2.75, 3.05) is 38.9 Å². The number of aliphatic hydroxyl groups is 1. The predicted octanol–water partition coefficient (Wildman–Crippen LogP) is 0.613. The van der Waals surface area contributed by atoms with Gasteiger partial charge in [-0.2, -0.15) is 0 Å². The minimum atomic E-state index is -0.835. The molecule has 0 aromatic heterocycles. The molecule has 0 fully saturated rings. The van der Waals surface area contributed by atoms with Gasteiger partial charge in [0.15, 0.2) is 6.29 Å². The lowest BCUT2D eigenvalue weighted by molar-refractivity contribution is -0.137. The van der Waals surface area contributed by atoms with Crippen molar-refractivity contribution in [1.29, 1.82) is 0 Å². The zero-order chi connectivity index (χ0) is 9.94. The van der Waals surface area contributed by atoms with Crippen molar-refractivity contribution in [3.63, 3.8) is 0 Å². The number of rotatable bonds is 9. The Morgan fingerprint density at radius 2 is 1.92 bits per heavy atom. The van der Waals surface area contributed by atoms with E-state index in [0.29, 0.717) is 32.3 Å². The number of aliphatic hydroxyl groups excluding tert-OH is 1. The van der Waals surface area contributed by atoms with Gasteiger partial charge in [0.1, 0.15) is 0 Å². The fraction of sp³-hybridized carbons (Fsp3) is 1.00. The summed E-state index contributed by atoms with van der Waals surface area (Å²) >= 11 is 5.38. The molecule has 0 heterocycles. The van der Waals surface area contributed by atoms with E-state index in [0.717, 1.165) is 0 Å². The quantitative estimate of drug-likeness (QED) is 0.346. The molecule has 0 aromatic carbocycles. The van der Waals surface area contributed by atoms with Crippen LogP contribution in [0, 0.1) is 0 Å². The summed E-state index contributed by atoms with van der Waals surface area (Å²) in [6, 6.07) is 0. The van der Waals surface area contributed by atoms with E-state index in [-0.39, 0.29) is 6.61 Å². The molecule has 1 N–H and O–H groups in total. The largest absolute Gasteiger partial charge is 0.378 e. The van der Waals surface area contributed by atoms with E-state index in [2.05, 4.69) is 0 Å². The van der Waals surface area contributed by atoms with E-state index >= 15 is 0 Å². The summed E-state index contributed by atoms with van der Waals surface area (Å²) in [6.45, 7) is 3.93. The molecule has 13 heavy (non-hydrogen) atoms. The van der Waals surface area contributed by atoms with Crippen LogP contribution >= 0.6 is 11.6 Å². The molecule has 5 heteroatoms.